The van der Waals surface area contributed by atoms with Crippen molar-refractivity contribution in [2.45, 2.75) is 0 Å². The Labute approximate surface area is 326 Å². The maximum Gasteiger partial charge on any atom is 0.164 e. The van der Waals surface area contributed by atoms with E-state index in [1.54, 1.807) is 0 Å². The minimum absolute atomic E-state index is 0.625. The van der Waals surface area contributed by atoms with E-state index in [-0.39, 0.29) is 0 Å². The van der Waals surface area contributed by atoms with Crippen LogP contribution in [0.2, 0.25) is 0 Å². The van der Waals surface area contributed by atoms with Crippen LogP contribution >= 0.6 is 0 Å². The molecule has 0 fully saturated rings. The molecule has 3 heteroatoms. The fourth-order valence-electron chi connectivity index (χ4n) is 7.56. The second-order valence-corrected chi connectivity index (χ2v) is 14.1. The Balaban J connectivity index is 1.11. The van der Waals surface area contributed by atoms with Gasteiger partial charge in [0.1, 0.15) is 0 Å². The summed E-state index contributed by atoms with van der Waals surface area (Å²) >= 11 is 0. The zero-order valence-corrected chi connectivity index (χ0v) is 30.5. The van der Waals surface area contributed by atoms with Gasteiger partial charge in [-0.05, 0) is 90.3 Å². The van der Waals surface area contributed by atoms with Gasteiger partial charge in [0.15, 0.2) is 17.5 Å². The van der Waals surface area contributed by atoms with Gasteiger partial charge < -0.3 is 0 Å². The molecule has 9 aromatic carbocycles. The molecule has 0 amide bonds. The third kappa shape index (κ3) is 6.52. The number of aromatic nitrogens is 3. The third-order valence-corrected chi connectivity index (χ3v) is 10.5. The van der Waals surface area contributed by atoms with E-state index in [1.807, 2.05) is 6.07 Å². The Bertz CT molecular complexity index is 3010. The summed E-state index contributed by atoms with van der Waals surface area (Å²) in [6, 6.07) is 74.9. The van der Waals surface area contributed by atoms with Gasteiger partial charge in [-0.25, -0.2) is 15.0 Å². The van der Waals surface area contributed by atoms with Crippen molar-refractivity contribution < 1.29 is 0 Å². The van der Waals surface area contributed by atoms with Gasteiger partial charge in [0.05, 0.1) is 0 Å². The molecule has 56 heavy (non-hydrogen) atoms. The molecule has 0 spiro atoms. The van der Waals surface area contributed by atoms with E-state index >= 15 is 0 Å². The van der Waals surface area contributed by atoms with Gasteiger partial charge in [-0.2, -0.15) is 0 Å². The first-order valence-corrected chi connectivity index (χ1v) is 18.9. The number of hydrogen-bond acceptors (Lipinski definition) is 3. The predicted octanol–water partition coefficient (Wildman–Crippen LogP) is 13.8. The van der Waals surface area contributed by atoms with Crippen LogP contribution in [0.5, 0.6) is 0 Å². The highest BCUT2D eigenvalue weighted by atomic mass is 15.0. The lowest BCUT2D eigenvalue weighted by Gasteiger charge is -2.15. The van der Waals surface area contributed by atoms with Gasteiger partial charge in [0.25, 0.3) is 0 Å². The van der Waals surface area contributed by atoms with Gasteiger partial charge in [0, 0.05) is 16.7 Å². The number of nitrogens with zero attached hydrogens (tertiary/aromatic N) is 3. The van der Waals surface area contributed by atoms with Gasteiger partial charge in [-0.3, -0.25) is 0 Å². The molecule has 10 aromatic rings. The van der Waals surface area contributed by atoms with Crippen molar-refractivity contribution in [2.24, 2.45) is 0 Å². The maximum absolute atomic E-state index is 5.15. The van der Waals surface area contributed by atoms with Gasteiger partial charge in [0.2, 0.25) is 0 Å². The second-order valence-electron chi connectivity index (χ2n) is 14.1. The first-order chi connectivity index (χ1) is 27.7. The standard InChI is InChI=1S/C53H35N3/c1-3-12-36(13-4-1)40-22-26-41(27-23-40)51-54-52(56-53(55-51)48-29-25-39-17-8-10-19-43(39)33-48)47-21-11-20-45(34-47)49-31-30-44(37-14-5-2-6-15-37)35-50(49)46-28-24-38-16-7-9-18-42(38)32-46/h1-35H. The normalized spacial score (nSPS) is 11.2. The summed E-state index contributed by atoms with van der Waals surface area (Å²) in [5, 5.41) is 4.76. The van der Waals surface area contributed by atoms with Crippen molar-refractivity contribution in [3.63, 3.8) is 0 Å². The maximum atomic E-state index is 5.15. The smallest absolute Gasteiger partial charge is 0.164 e. The SMILES string of the molecule is c1ccc(-c2ccc(-c3nc(-c4cccc(-c5ccc(-c6ccccc6)cc5-c5ccc6ccccc6c5)c4)nc(-c4ccc5ccccc5c4)n3)cc2)cc1. The lowest BCUT2D eigenvalue weighted by molar-refractivity contribution is 1.07. The fraction of sp³-hybridized carbons (Fsp3) is 0. The predicted molar refractivity (Wildman–Crippen MR) is 233 cm³/mol. The van der Waals surface area contributed by atoms with Crippen molar-refractivity contribution in [3.8, 4) is 78.7 Å². The molecular formula is C53H35N3. The lowest BCUT2D eigenvalue weighted by atomic mass is 9.89. The number of hydrogen-bond donors (Lipinski definition) is 0. The molecule has 0 N–H and O–H groups in total. The van der Waals surface area contributed by atoms with Gasteiger partial charge in [-0.15, -0.1) is 0 Å². The molecule has 1 heterocycles. The summed E-state index contributed by atoms with van der Waals surface area (Å²) in [6.07, 6.45) is 0. The van der Waals surface area contributed by atoms with Gasteiger partial charge >= 0.3 is 0 Å². The largest absolute Gasteiger partial charge is 0.208 e. The third-order valence-electron chi connectivity index (χ3n) is 10.5. The molecule has 0 aliphatic carbocycles. The molecule has 0 aliphatic rings. The van der Waals surface area contributed by atoms with Crippen LogP contribution in [0.4, 0.5) is 0 Å². The van der Waals surface area contributed by atoms with Crippen LogP contribution in [0, 0.1) is 0 Å². The zero-order valence-electron chi connectivity index (χ0n) is 30.5. The first-order valence-electron chi connectivity index (χ1n) is 18.9. The van der Waals surface area contributed by atoms with E-state index in [0.717, 1.165) is 38.8 Å². The van der Waals surface area contributed by atoms with E-state index in [9.17, 15) is 0 Å². The summed E-state index contributed by atoms with van der Waals surface area (Å²) in [6.45, 7) is 0. The highest BCUT2D eigenvalue weighted by molar-refractivity contribution is 5.93. The Hall–Kier alpha value is -7.49. The van der Waals surface area contributed by atoms with Crippen molar-refractivity contribution in [3.05, 3.63) is 212 Å². The van der Waals surface area contributed by atoms with E-state index < -0.39 is 0 Å². The average Bonchev–Trinajstić information content (AvgIpc) is 3.29. The Morgan fingerprint density at radius 1 is 0.196 bits per heavy atom. The summed E-state index contributed by atoms with van der Waals surface area (Å²) < 4.78 is 0. The van der Waals surface area contributed by atoms with Crippen molar-refractivity contribution in [2.75, 3.05) is 0 Å². The molecule has 0 saturated carbocycles. The fourth-order valence-corrected chi connectivity index (χ4v) is 7.56. The molecule has 0 unspecified atom stereocenters. The monoisotopic (exact) mass is 713 g/mol. The van der Waals surface area contributed by atoms with Crippen LogP contribution < -0.4 is 0 Å². The lowest BCUT2D eigenvalue weighted by Crippen LogP contribution is -2.00. The Kier molecular flexibility index (Phi) is 8.51. The van der Waals surface area contributed by atoms with Crippen LogP contribution in [0.15, 0.2) is 212 Å². The molecule has 0 bridgehead atoms. The van der Waals surface area contributed by atoms with E-state index in [4.69, 9.17) is 15.0 Å². The molecular weight excluding hydrogens is 679 g/mol. The molecule has 3 nitrogen and oxygen atoms in total. The summed E-state index contributed by atoms with van der Waals surface area (Å²) in [5.41, 5.74) is 12.0. The van der Waals surface area contributed by atoms with Crippen LogP contribution in [0.1, 0.15) is 0 Å². The van der Waals surface area contributed by atoms with E-state index in [1.165, 1.54) is 44.0 Å². The molecule has 0 radical (unpaired) electrons. The zero-order chi connectivity index (χ0) is 37.3. The van der Waals surface area contributed by atoms with Crippen molar-refractivity contribution in [1.29, 1.82) is 0 Å². The number of rotatable bonds is 7. The van der Waals surface area contributed by atoms with Gasteiger partial charge in [-0.1, -0.05) is 188 Å². The van der Waals surface area contributed by atoms with Crippen LogP contribution in [0.3, 0.4) is 0 Å². The van der Waals surface area contributed by atoms with E-state index in [0.29, 0.717) is 17.5 Å². The minimum atomic E-state index is 0.625. The quantitative estimate of drug-likeness (QED) is 0.165. The van der Waals surface area contributed by atoms with Crippen LogP contribution in [-0.2, 0) is 0 Å². The highest BCUT2D eigenvalue weighted by Gasteiger charge is 2.16. The average molecular weight is 714 g/mol. The number of benzene rings is 9. The molecule has 0 aliphatic heterocycles. The number of fused-ring (bicyclic) bond motifs is 2. The molecule has 0 atom stereocenters. The Morgan fingerprint density at radius 3 is 1.23 bits per heavy atom. The molecule has 10 rings (SSSR count). The molecule has 0 saturated heterocycles. The second kappa shape index (κ2) is 14.4. The van der Waals surface area contributed by atoms with Crippen LogP contribution in [-0.4, -0.2) is 15.0 Å². The van der Waals surface area contributed by atoms with Crippen molar-refractivity contribution in [1.82, 2.24) is 15.0 Å². The summed E-state index contributed by atoms with van der Waals surface area (Å²) in [5.74, 6) is 1.89. The Morgan fingerprint density at radius 2 is 0.589 bits per heavy atom. The minimum Gasteiger partial charge on any atom is -0.208 e. The van der Waals surface area contributed by atoms with E-state index in [2.05, 4.69) is 206 Å². The van der Waals surface area contributed by atoms with Crippen LogP contribution in [0.25, 0.3) is 100 Å². The summed E-state index contributed by atoms with van der Waals surface area (Å²) in [4.78, 5) is 15.4. The first kappa shape index (κ1) is 33.1. The molecule has 262 valence electrons. The topological polar surface area (TPSA) is 38.7 Å². The highest BCUT2D eigenvalue weighted by Crippen LogP contribution is 2.38. The summed E-state index contributed by atoms with van der Waals surface area (Å²) in [7, 11) is 0. The van der Waals surface area contributed by atoms with Crippen molar-refractivity contribution >= 4 is 21.5 Å². The molecule has 1 aromatic heterocycles.